The van der Waals surface area contributed by atoms with Crippen LogP contribution < -0.4 is 4.74 Å². The quantitative estimate of drug-likeness (QED) is 0.834. The van der Waals surface area contributed by atoms with Gasteiger partial charge in [0.15, 0.2) is 0 Å². The molecule has 0 radical (unpaired) electrons. The highest BCUT2D eigenvalue weighted by molar-refractivity contribution is 5.97. The molecule has 1 aliphatic rings. The molecule has 21 heavy (non-hydrogen) atoms. The van der Waals surface area contributed by atoms with Crippen molar-refractivity contribution in [3.63, 3.8) is 0 Å². The number of carbonyl (C=O) groups is 2. The molecular formula is C16H22N2O3. The van der Waals surface area contributed by atoms with Crippen molar-refractivity contribution in [1.82, 2.24) is 9.80 Å². The lowest BCUT2D eigenvalue weighted by molar-refractivity contribution is -0.140. The molecule has 0 spiro atoms. The van der Waals surface area contributed by atoms with E-state index in [1.807, 2.05) is 25.7 Å². The van der Waals surface area contributed by atoms with Crippen LogP contribution in [0.25, 0.3) is 0 Å². The first-order valence-electron chi connectivity index (χ1n) is 7.07. The molecule has 2 rings (SSSR count). The lowest BCUT2D eigenvalue weighted by Gasteiger charge is -2.42. The molecule has 1 saturated heterocycles. The summed E-state index contributed by atoms with van der Waals surface area (Å²) in [6.07, 6.45) is 0. The van der Waals surface area contributed by atoms with Crippen molar-refractivity contribution < 1.29 is 14.3 Å². The fourth-order valence-electron chi connectivity index (χ4n) is 2.47. The summed E-state index contributed by atoms with van der Waals surface area (Å²) in [5.41, 5.74) is 0.375. The zero-order valence-electron chi connectivity index (χ0n) is 13.0. The van der Waals surface area contributed by atoms with Crippen LogP contribution in [0.15, 0.2) is 24.3 Å². The predicted molar refractivity (Wildman–Crippen MR) is 80.4 cm³/mol. The number of rotatable bonds is 2. The lowest BCUT2D eigenvalue weighted by atomic mass is 10.0. The Labute approximate surface area is 125 Å². The maximum Gasteiger partial charge on any atom is 0.254 e. The summed E-state index contributed by atoms with van der Waals surface area (Å²) in [5.74, 6) is 0.593. The van der Waals surface area contributed by atoms with Crippen LogP contribution in [-0.2, 0) is 4.79 Å². The third-order valence-electron chi connectivity index (χ3n) is 3.65. The second kappa shape index (κ2) is 5.76. The summed E-state index contributed by atoms with van der Waals surface area (Å²) in [4.78, 5) is 28.0. The summed E-state index contributed by atoms with van der Waals surface area (Å²) in [7, 11) is 1.58. The van der Waals surface area contributed by atoms with Gasteiger partial charge in [-0.25, -0.2) is 0 Å². The van der Waals surface area contributed by atoms with Gasteiger partial charge in [0.1, 0.15) is 12.3 Å². The first-order valence-corrected chi connectivity index (χ1v) is 7.07. The van der Waals surface area contributed by atoms with Gasteiger partial charge < -0.3 is 14.5 Å². The third kappa shape index (κ3) is 3.35. The Morgan fingerprint density at radius 2 is 1.76 bits per heavy atom. The fourth-order valence-corrected chi connectivity index (χ4v) is 2.47. The van der Waals surface area contributed by atoms with Crippen LogP contribution in [0.1, 0.15) is 31.1 Å². The molecule has 1 aromatic rings. The first-order chi connectivity index (χ1) is 9.82. The molecule has 5 nitrogen and oxygen atoms in total. The van der Waals surface area contributed by atoms with E-state index in [1.165, 1.54) is 0 Å². The van der Waals surface area contributed by atoms with Gasteiger partial charge in [-0.1, -0.05) is 0 Å². The number of hydrogen-bond donors (Lipinski definition) is 0. The molecule has 0 aromatic heterocycles. The van der Waals surface area contributed by atoms with E-state index in [4.69, 9.17) is 4.74 Å². The molecule has 0 atom stereocenters. The van der Waals surface area contributed by atoms with Gasteiger partial charge in [-0.05, 0) is 45.0 Å². The molecule has 1 aliphatic heterocycles. The number of methoxy groups -OCH3 is 1. The van der Waals surface area contributed by atoms with Crippen molar-refractivity contribution in [3.8, 4) is 5.75 Å². The number of piperazine rings is 1. The lowest BCUT2D eigenvalue weighted by Crippen LogP contribution is -2.58. The predicted octanol–water partition coefficient (Wildman–Crippen LogP) is 1.78. The highest BCUT2D eigenvalue weighted by atomic mass is 16.5. The van der Waals surface area contributed by atoms with Crippen LogP contribution in [0.4, 0.5) is 0 Å². The second-order valence-corrected chi connectivity index (χ2v) is 6.17. The molecule has 2 amide bonds. The third-order valence-corrected chi connectivity index (χ3v) is 3.65. The van der Waals surface area contributed by atoms with E-state index < -0.39 is 0 Å². The highest BCUT2D eigenvalue weighted by Crippen LogP contribution is 2.19. The minimum absolute atomic E-state index is 0.00406. The number of hydrogen-bond acceptors (Lipinski definition) is 3. The molecule has 0 saturated carbocycles. The molecule has 1 heterocycles. The SMILES string of the molecule is COc1ccc(C(=O)N2CCN(C(C)(C)C)C(=O)C2)cc1. The number of ether oxygens (including phenoxy) is 1. The molecule has 1 aromatic carbocycles. The van der Waals surface area contributed by atoms with Crippen LogP contribution in [0, 0.1) is 0 Å². The van der Waals surface area contributed by atoms with Crippen molar-refractivity contribution in [3.05, 3.63) is 29.8 Å². The zero-order valence-corrected chi connectivity index (χ0v) is 13.0. The summed E-state index contributed by atoms with van der Waals surface area (Å²) in [6, 6.07) is 6.95. The van der Waals surface area contributed by atoms with Crippen molar-refractivity contribution >= 4 is 11.8 Å². The van der Waals surface area contributed by atoms with E-state index in [0.29, 0.717) is 24.4 Å². The average molecular weight is 290 g/mol. The molecule has 114 valence electrons. The standard InChI is InChI=1S/C16H22N2O3/c1-16(2,3)18-10-9-17(11-14(18)19)15(20)12-5-7-13(21-4)8-6-12/h5-8H,9-11H2,1-4H3. The van der Waals surface area contributed by atoms with Crippen molar-refractivity contribution in [2.75, 3.05) is 26.7 Å². The first kappa shape index (κ1) is 15.4. The molecule has 0 aliphatic carbocycles. The number of carbonyl (C=O) groups excluding carboxylic acids is 2. The van der Waals surface area contributed by atoms with Gasteiger partial charge in [-0.2, -0.15) is 0 Å². The summed E-state index contributed by atoms with van der Waals surface area (Å²) in [5, 5.41) is 0. The molecule has 0 unspecified atom stereocenters. The summed E-state index contributed by atoms with van der Waals surface area (Å²) >= 11 is 0. The Balaban J connectivity index is 2.06. The Hall–Kier alpha value is -2.04. The van der Waals surface area contributed by atoms with Gasteiger partial charge in [-0.3, -0.25) is 9.59 Å². The maximum absolute atomic E-state index is 12.4. The van der Waals surface area contributed by atoms with Crippen LogP contribution in [0.2, 0.25) is 0 Å². The van der Waals surface area contributed by atoms with Crippen molar-refractivity contribution in [1.29, 1.82) is 0 Å². The van der Waals surface area contributed by atoms with Crippen molar-refractivity contribution in [2.24, 2.45) is 0 Å². The van der Waals surface area contributed by atoms with Crippen molar-refractivity contribution in [2.45, 2.75) is 26.3 Å². The number of benzene rings is 1. The van der Waals surface area contributed by atoms with E-state index >= 15 is 0 Å². The molecule has 5 heteroatoms. The van der Waals surface area contributed by atoms with Crippen LogP contribution in [-0.4, -0.2) is 53.9 Å². The van der Waals surface area contributed by atoms with Crippen LogP contribution in [0.3, 0.4) is 0 Å². The monoisotopic (exact) mass is 290 g/mol. The number of nitrogens with zero attached hydrogens (tertiary/aromatic N) is 2. The minimum atomic E-state index is -0.202. The van der Waals surface area contributed by atoms with Gasteiger partial charge in [0.25, 0.3) is 5.91 Å². The van der Waals surface area contributed by atoms with Gasteiger partial charge in [-0.15, -0.1) is 0 Å². The zero-order chi connectivity index (χ0) is 15.6. The Morgan fingerprint density at radius 1 is 1.14 bits per heavy atom. The Kier molecular flexibility index (Phi) is 4.21. The minimum Gasteiger partial charge on any atom is -0.497 e. The summed E-state index contributed by atoms with van der Waals surface area (Å²) < 4.78 is 5.08. The van der Waals surface area contributed by atoms with E-state index in [0.717, 1.165) is 0 Å². The van der Waals surface area contributed by atoms with E-state index in [-0.39, 0.29) is 23.9 Å². The summed E-state index contributed by atoms with van der Waals surface area (Å²) in [6.45, 7) is 7.30. The van der Waals surface area contributed by atoms with Gasteiger partial charge in [0.2, 0.25) is 5.91 Å². The highest BCUT2D eigenvalue weighted by Gasteiger charge is 2.33. The topological polar surface area (TPSA) is 49.9 Å². The van der Waals surface area contributed by atoms with Gasteiger partial charge in [0.05, 0.1) is 7.11 Å². The second-order valence-electron chi connectivity index (χ2n) is 6.17. The van der Waals surface area contributed by atoms with Crippen LogP contribution >= 0.6 is 0 Å². The van der Waals surface area contributed by atoms with E-state index in [1.54, 1.807) is 36.3 Å². The van der Waals surface area contributed by atoms with Gasteiger partial charge in [0, 0.05) is 24.2 Å². The molecule has 0 N–H and O–H groups in total. The van der Waals surface area contributed by atoms with E-state index in [9.17, 15) is 9.59 Å². The fraction of sp³-hybridized carbons (Fsp3) is 0.500. The Bertz CT molecular complexity index is 531. The largest absolute Gasteiger partial charge is 0.497 e. The molecular weight excluding hydrogens is 268 g/mol. The van der Waals surface area contributed by atoms with Crippen LogP contribution in [0.5, 0.6) is 5.75 Å². The maximum atomic E-state index is 12.4. The van der Waals surface area contributed by atoms with E-state index in [2.05, 4.69) is 0 Å². The normalized spacial score (nSPS) is 16.1. The molecule has 1 fully saturated rings. The number of amides is 2. The Morgan fingerprint density at radius 3 is 2.24 bits per heavy atom. The average Bonchev–Trinajstić information content (AvgIpc) is 2.45. The smallest absolute Gasteiger partial charge is 0.254 e. The van der Waals surface area contributed by atoms with Gasteiger partial charge >= 0.3 is 0 Å². The molecule has 0 bridgehead atoms.